The molecular weight excluding hydrogens is 428 g/mol. The molecule has 0 saturated carbocycles. The van der Waals surface area contributed by atoms with Gasteiger partial charge in [-0.2, -0.15) is 5.10 Å². The van der Waals surface area contributed by atoms with E-state index in [-0.39, 0.29) is 21.6 Å². The van der Waals surface area contributed by atoms with Crippen molar-refractivity contribution in [3.63, 3.8) is 0 Å². The van der Waals surface area contributed by atoms with E-state index in [2.05, 4.69) is 71.2 Å². The molecule has 0 unspecified atom stereocenters. The fraction of sp³-hybridized carbons (Fsp3) is 0. The Balaban J connectivity index is 0.000000177. The Kier molecular flexibility index (Phi) is 8.08. The van der Waals surface area contributed by atoms with Crippen LogP contribution in [0.4, 0.5) is 4.79 Å². The average Bonchev–Trinajstić information content (AvgIpc) is 3.10. The first-order valence-corrected chi connectivity index (χ1v) is 10.6. The van der Waals surface area contributed by atoms with Crippen LogP contribution in [-0.4, -0.2) is 33.9 Å². The van der Waals surface area contributed by atoms with Crippen molar-refractivity contribution >= 4 is 52.2 Å². The van der Waals surface area contributed by atoms with E-state index in [1.165, 1.54) is 24.6 Å². The molecule has 0 aliphatic heterocycles. The van der Waals surface area contributed by atoms with E-state index in [0.717, 1.165) is 4.88 Å². The molecule has 1 heterocycles. The Morgan fingerprint density at radius 1 is 0.958 bits per heavy atom. The molecule has 121 valence electrons. The fourth-order valence-electron chi connectivity index (χ4n) is 1.68. The first kappa shape index (κ1) is 18.2. The van der Waals surface area contributed by atoms with Crippen LogP contribution in [0.2, 0.25) is 0 Å². The van der Waals surface area contributed by atoms with Gasteiger partial charge in [0.15, 0.2) is 0 Å². The second-order valence-corrected chi connectivity index (χ2v) is 9.10. The molecule has 0 saturated heterocycles. The molecule has 3 aromatic rings. The number of thiophene rings is 1. The van der Waals surface area contributed by atoms with E-state index in [1.807, 2.05) is 17.5 Å². The van der Waals surface area contributed by atoms with Crippen LogP contribution < -0.4 is 18.2 Å². The second-order valence-electron chi connectivity index (χ2n) is 4.53. The number of nitrogens with zero attached hydrogens (tertiary/aromatic N) is 1. The first-order chi connectivity index (χ1) is 11.7. The number of urea groups is 1. The van der Waals surface area contributed by atoms with Crippen molar-refractivity contribution in [2.75, 3.05) is 0 Å². The van der Waals surface area contributed by atoms with E-state index in [0.29, 0.717) is 0 Å². The van der Waals surface area contributed by atoms with Gasteiger partial charge >= 0.3 is 95.3 Å². The molecule has 0 aliphatic carbocycles. The molecule has 4 nitrogen and oxygen atoms in total. The number of nitrogens with two attached hydrogens (primary N) is 1. The van der Waals surface area contributed by atoms with Gasteiger partial charge in [0.25, 0.3) is 0 Å². The van der Waals surface area contributed by atoms with Gasteiger partial charge in [-0.05, 0) is 11.4 Å². The number of benzene rings is 2. The van der Waals surface area contributed by atoms with Crippen molar-refractivity contribution < 1.29 is 4.79 Å². The zero-order valence-corrected chi connectivity index (χ0v) is 16.2. The molecule has 2 amide bonds. The predicted molar refractivity (Wildman–Crippen MR) is 103 cm³/mol. The van der Waals surface area contributed by atoms with Gasteiger partial charge in [0.1, 0.15) is 0 Å². The Morgan fingerprint density at radius 3 is 2.00 bits per heavy atom. The van der Waals surface area contributed by atoms with E-state index in [1.54, 1.807) is 0 Å². The van der Waals surface area contributed by atoms with Gasteiger partial charge in [0.05, 0.1) is 6.21 Å². The summed E-state index contributed by atoms with van der Waals surface area (Å²) in [7, 11) is 0. The van der Waals surface area contributed by atoms with Crippen LogP contribution in [0.15, 0.2) is 83.3 Å². The van der Waals surface area contributed by atoms with Crippen molar-refractivity contribution in [3.8, 4) is 0 Å². The molecule has 0 bridgehead atoms. The molecular formula is C18H17N3OSSb. The SMILES string of the molecule is NC(=O)N/N=C/c1cccs1.c1cc[c]([Sb][c]2ccccc2)cc1. The normalized spacial score (nSPS) is 10.0. The van der Waals surface area contributed by atoms with Crippen LogP contribution in [0.5, 0.6) is 0 Å². The van der Waals surface area contributed by atoms with Gasteiger partial charge in [0, 0.05) is 4.88 Å². The average molecular weight is 445 g/mol. The van der Waals surface area contributed by atoms with Crippen LogP contribution in [0, 0.1) is 0 Å². The van der Waals surface area contributed by atoms with Gasteiger partial charge in [-0.25, -0.2) is 10.2 Å². The van der Waals surface area contributed by atoms with Crippen molar-refractivity contribution in [2.24, 2.45) is 10.8 Å². The predicted octanol–water partition coefficient (Wildman–Crippen LogP) is 2.09. The maximum atomic E-state index is 10.1. The number of carbonyl (C=O) groups excluding carboxylic acids is 1. The van der Waals surface area contributed by atoms with Crippen LogP contribution in [-0.2, 0) is 0 Å². The zero-order chi connectivity index (χ0) is 17.0. The standard InChI is InChI=1S/C6H7N3OS.2C6H5.Sb/c7-6(10)9-8-4-5-2-1-3-11-5;2*1-2-4-6-5-3-1;/h1-4H,(H3,7,9,10);2*1-5H;/b8-4+;;;. The Bertz CT molecular complexity index is 709. The van der Waals surface area contributed by atoms with Crippen molar-refractivity contribution in [1.82, 2.24) is 5.43 Å². The fourth-order valence-corrected chi connectivity index (χ4v) is 4.95. The molecule has 0 spiro atoms. The van der Waals surface area contributed by atoms with E-state index >= 15 is 0 Å². The maximum absolute atomic E-state index is 10.1. The molecule has 0 atom stereocenters. The summed E-state index contributed by atoms with van der Waals surface area (Å²) in [6.07, 6.45) is 1.54. The summed E-state index contributed by atoms with van der Waals surface area (Å²) in [5.41, 5.74) is 6.87. The zero-order valence-electron chi connectivity index (χ0n) is 12.9. The summed E-state index contributed by atoms with van der Waals surface area (Å²) in [6.45, 7) is 0. The summed E-state index contributed by atoms with van der Waals surface area (Å²) < 4.78 is 3.04. The Labute approximate surface area is 155 Å². The number of hydrogen-bond acceptors (Lipinski definition) is 3. The van der Waals surface area contributed by atoms with Gasteiger partial charge in [-0.1, -0.05) is 6.07 Å². The first-order valence-electron chi connectivity index (χ1n) is 7.18. The number of primary amides is 1. The minimum atomic E-state index is -0.655. The molecule has 0 aliphatic rings. The van der Waals surface area contributed by atoms with Gasteiger partial charge in [0.2, 0.25) is 0 Å². The molecule has 1 radical (unpaired) electrons. The minimum absolute atomic E-state index is 0.335. The molecule has 6 heteroatoms. The second kappa shape index (κ2) is 10.6. The van der Waals surface area contributed by atoms with Crippen LogP contribution >= 0.6 is 11.3 Å². The number of carbonyl (C=O) groups is 1. The quantitative estimate of drug-likeness (QED) is 0.361. The molecule has 3 rings (SSSR count). The van der Waals surface area contributed by atoms with Crippen LogP contribution in [0.25, 0.3) is 0 Å². The Morgan fingerprint density at radius 2 is 1.54 bits per heavy atom. The third-order valence-corrected chi connectivity index (χ3v) is 6.66. The number of nitrogens with one attached hydrogen (secondary N) is 1. The number of rotatable bonds is 4. The molecule has 3 N–H and O–H groups in total. The number of hydrogen-bond donors (Lipinski definition) is 2. The van der Waals surface area contributed by atoms with Crippen molar-refractivity contribution in [2.45, 2.75) is 0 Å². The number of amides is 2. The summed E-state index contributed by atoms with van der Waals surface area (Å²) in [4.78, 5) is 11.1. The third kappa shape index (κ3) is 7.44. The van der Waals surface area contributed by atoms with Gasteiger partial charge in [-0.15, -0.1) is 11.3 Å². The summed E-state index contributed by atoms with van der Waals surface area (Å²) in [6, 6.07) is 24.7. The molecule has 2 aromatic carbocycles. The van der Waals surface area contributed by atoms with Gasteiger partial charge < -0.3 is 5.73 Å². The van der Waals surface area contributed by atoms with Crippen molar-refractivity contribution in [1.29, 1.82) is 0 Å². The molecule has 24 heavy (non-hydrogen) atoms. The van der Waals surface area contributed by atoms with Gasteiger partial charge in [-0.3, -0.25) is 0 Å². The Hall–Kier alpha value is -2.10. The van der Waals surface area contributed by atoms with E-state index < -0.39 is 6.03 Å². The third-order valence-electron chi connectivity index (χ3n) is 2.68. The summed E-state index contributed by atoms with van der Waals surface area (Å²) >= 11 is 1.20. The number of hydrazone groups is 1. The molecule has 0 fully saturated rings. The van der Waals surface area contributed by atoms with Crippen molar-refractivity contribution in [3.05, 3.63) is 83.1 Å². The summed E-state index contributed by atoms with van der Waals surface area (Å²) in [5, 5.41) is 5.50. The monoisotopic (exact) mass is 444 g/mol. The van der Waals surface area contributed by atoms with E-state index in [9.17, 15) is 4.79 Å². The molecule has 1 aromatic heterocycles. The topological polar surface area (TPSA) is 67.5 Å². The van der Waals surface area contributed by atoms with Crippen LogP contribution in [0.1, 0.15) is 4.88 Å². The van der Waals surface area contributed by atoms with E-state index in [4.69, 9.17) is 5.73 Å². The summed E-state index contributed by atoms with van der Waals surface area (Å²) in [5.74, 6) is 0. The van der Waals surface area contributed by atoms with Crippen LogP contribution in [0.3, 0.4) is 0 Å².